The van der Waals surface area contributed by atoms with Gasteiger partial charge in [-0.15, -0.1) is 0 Å². The lowest BCUT2D eigenvalue weighted by Crippen LogP contribution is -2.38. The van der Waals surface area contributed by atoms with E-state index >= 15 is 0 Å². The lowest BCUT2D eigenvalue weighted by molar-refractivity contribution is 0.316. The predicted octanol–water partition coefficient (Wildman–Crippen LogP) is 2.17. The van der Waals surface area contributed by atoms with Crippen LogP contribution < -0.4 is 0 Å². The molecular weight excluding hydrogens is 338 g/mol. The maximum atomic E-state index is 12.9. The molecule has 3 aromatic rings. The van der Waals surface area contributed by atoms with E-state index in [2.05, 4.69) is 21.1 Å². The van der Waals surface area contributed by atoms with Gasteiger partial charge in [0.2, 0.25) is 10.0 Å². The molecule has 25 heavy (non-hydrogen) atoms. The Balaban J connectivity index is 1.51. The molecule has 8 heteroatoms. The fraction of sp³-hybridized carbons (Fsp3) is 0.412. The number of aromatic amines is 1. The van der Waals surface area contributed by atoms with Gasteiger partial charge in [0.25, 0.3) is 0 Å². The van der Waals surface area contributed by atoms with Crippen molar-refractivity contribution in [3.05, 3.63) is 42.1 Å². The summed E-state index contributed by atoms with van der Waals surface area (Å²) in [5.41, 5.74) is 2.61. The SMILES string of the molecule is Cc1nn(C)cc1S(=O)(=O)N1CCC(c2cc3cc[nH]c3cn2)CC1. The fourth-order valence-electron chi connectivity index (χ4n) is 3.55. The number of rotatable bonds is 3. The summed E-state index contributed by atoms with van der Waals surface area (Å²) in [5, 5.41) is 5.30. The van der Waals surface area contributed by atoms with Crippen molar-refractivity contribution in [1.29, 1.82) is 0 Å². The maximum absolute atomic E-state index is 12.9. The molecule has 1 saturated heterocycles. The number of nitrogens with zero attached hydrogens (tertiary/aromatic N) is 4. The molecule has 0 radical (unpaired) electrons. The zero-order valence-electron chi connectivity index (χ0n) is 14.3. The summed E-state index contributed by atoms with van der Waals surface area (Å²) in [6.07, 6.45) is 6.90. The lowest BCUT2D eigenvalue weighted by atomic mass is 9.94. The Labute approximate surface area is 146 Å². The zero-order valence-corrected chi connectivity index (χ0v) is 15.1. The average molecular weight is 359 g/mol. The number of fused-ring (bicyclic) bond motifs is 1. The minimum absolute atomic E-state index is 0.292. The number of H-pyrrole nitrogens is 1. The summed E-state index contributed by atoms with van der Waals surface area (Å²) >= 11 is 0. The molecule has 0 aliphatic carbocycles. The minimum atomic E-state index is -3.48. The summed E-state index contributed by atoms with van der Waals surface area (Å²) in [4.78, 5) is 8.00. The van der Waals surface area contributed by atoms with E-state index in [0.29, 0.717) is 29.6 Å². The minimum Gasteiger partial charge on any atom is -0.360 e. The molecule has 0 bridgehead atoms. The van der Waals surface area contributed by atoms with E-state index in [1.165, 1.54) is 0 Å². The smallest absolute Gasteiger partial charge is 0.246 e. The Morgan fingerprint density at radius 1 is 1.28 bits per heavy atom. The highest BCUT2D eigenvalue weighted by atomic mass is 32.2. The number of aromatic nitrogens is 4. The van der Waals surface area contributed by atoms with Gasteiger partial charge in [0.05, 0.1) is 17.4 Å². The van der Waals surface area contributed by atoms with Crippen LogP contribution in [0.15, 0.2) is 35.6 Å². The van der Waals surface area contributed by atoms with E-state index in [1.807, 2.05) is 18.5 Å². The number of aryl methyl sites for hydroxylation is 2. The standard InChI is InChI=1S/C17H21N5O2S/c1-12-17(11-21(2)20-12)25(23,24)22-7-4-13(5-8-22)15-9-14-3-6-18-16(14)10-19-15/h3,6,9-11,13,18H,4-5,7-8H2,1-2H3. The Kier molecular flexibility index (Phi) is 3.88. The van der Waals surface area contributed by atoms with Gasteiger partial charge in [-0.3, -0.25) is 9.67 Å². The summed E-state index contributed by atoms with van der Waals surface area (Å²) in [6, 6.07) is 4.14. The van der Waals surface area contributed by atoms with Gasteiger partial charge < -0.3 is 4.98 Å². The molecule has 7 nitrogen and oxygen atoms in total. The van der Waals surface area contributed by atoms with Crippen LogP contribution in [0.25, 0.3) is 10.9 Å². The first kappa shape index (κ1) is 16.3. The summed E-state index contributed by atoms with van der Waals surface area (Å²) < 4.78 is 28.8. The Hall–Kier alpha value is -2.19. The molecule has 0 unspecified atom stereocenters. The number of sulfonamides is 1. The first-order valence-corrected chi connectivity index (χ1v) is 9.82. The third-order valence-corrected chi connectivity index (χ3v) is 6.92. The van der Waals surface area contributed by atoms with E-state index in [0.717, 1.165) is 29.4 Å². The second kappa shape index (κ2) is 5.96. The average Bonchev–Trinajstić information content (AvgIpc) is 3.20. The molecule has 0 spiro atoms. The predicted molar refractivity (Wildman–Crippen MR) is 94.8 cm³/mol. The zero-order chi connectivity index (χ0) is 17.6. The van der Waals surface area contributed by atoms with Crippen molar-refractivity contribution in [3.8, 4) is 0 Å². The molecule has 0 amide bonds. The normalized spacial score (nSPS) is 17.4. The van der Waals surface area contributed by atoms with Crippen molar-refractivity contribution in [3.63, 3.8) is 0 Å². The first-order chi connectivity index (χ1) is 11.9. The molecular formula is C17H21N5O2S. The molecule has 0 saturated carbocycles. The van der Waals surface area contributed by atoms with E-state index in [-0.39, 0.29) is 0 Å². The lowest BCUT2D eigenvalue weighted by Gasteiger charge is -2.30. The Morgan fingerprint density at radius 3 is 2.72 bits per heavy atom. The first-order valence-electron chi connectivity index (χ1n) is 8.38. The van der Waals surface area contributed by atoms with Crippen molar-refractivity contribution in [1.82, 2.24) is 24.1 Å². The molecule has 1 N–H and O–H groups in total. The summed E-state index contributed by atoms with van der Waals surface area (Å²) in [7, 11) is -1.74. The molecule has 0 atom stereocenters. The highest BCUT2D eigenvalue weighted by Gasteiger charge is 2.32. The van der Waals surface area contributed by atoms with Crippen LogP contribution in [0.1, 0.15) is 30.1 Å². The van der Waals surface area contributed by atoms with Crippen LogP contribution in [0.3, 0.4) is 0 Å². The topological polar surface area (TPSA) is 83.9 Å². The van der Waals surface area contributed by atoms with Gasteiger partial charge in [-0.25, -0.2) is 8.42 Å². The molecule has 3 aromatic heterocycles. The molecule has 132 valence electrons. The van der Waals surface area contributed by atoms with Gasteiger partial charge in [-0.1, -0.05) is 0 Å². The monoisotopic (exact) mass is 359 g/mol. The van der Waals surface area contributed by atoms with Gasteiger partial charge in [-0.2, -0.15) is 9.40 Å². The van der Waals surface area contributed by atoms with Gasteiger partial charge in [-0.05, 0) is 31.9 Å². The van der Waals surface area contributed by atoms with Crippen molar-refractivity contribution in [2.24, 2.45) is 7.05 Å². The molecule has 4 rings (SSSR count). The van der Waals surface area contributed by atoms with Crippen LogP contribution in [-0.2, 0) is 17.1 Å². The maximum Gasteiger partial charge on any atom is 0.246 e. The van der Waals surface area contributed by atoms with E-state index in [9.17, 15) is 8.42 Å². The quantitative estimate of drug-likeness (QED) is 0.777. The highest BCUT2D eigenvalue weighted by molar-refractivity contribution is 7.89. The Morgan fingerprint density at radius 2 is 2.04 bits per heavy atom. The van der Waals surface area contributed by atoms with Crippen molar-refractivity contribution < 1.29 is 8.42 Å². The van der Waals surface area contributed by atoms with Gasteiger partial charge in [0.15, 0.2) is 0 Å². The highest BCUT2D eigenvalue weighted by Crippen LogP contribution is 2.31. The third-order valence-electron chi connectivity index (χ3n) is 4.92. The van der Waals surface area contributed by atoms with Crippen LogP contribution in [0.4, 0.5) is 0 Å². The largest absolute Gasteiger partial charge is 0.360 e. The van der Waals surface area contributed by atoms with Crippen molar-refractivity contribution >= 4 is 20.9 Å². The number of hydrogen-bond donors (Lipinski definition) is 1. The van der Waals surface area contributed by atoms with Crippen LogP contribution in [0, 0.1) is 6.92 Å². The van der Waals surface area contributed by atoms with Crippen LogP contribution in [0.2, 0.25) is 0 Å². The molecule has 4 heterocycles. The Bertz CT molecular complexity index is 1010. The fourth-order valence-corrected chi connectivity index (χ4v) is 5.22. The second-order valence-electron chi connectivity index (χ2n) is 6.60. The third kappa shape index (κ3) is 2.85. The van der Waals surface area contributed by atoms with Crippen LogP contribution in [0.5, 0.6) is 0 Å². The van der Waals surface area contributed by atoms with E-state index in [4.69, 9.17) is 0 Å². The second-order valence-corrected chi connectivity index (χ2v) is 8.51. The molecule has 1 aliphatic rings. The number of piperidine rings is 1. The molecule has 1 fully saturated rings. The number of nitrogens with one attached hydrogen (secondary N) is 1. The van der Waals surface area contributed by atoms with E-state index in [1.54, 1.807) is 29.2 Å². The van der Waals surface area contributed by atoms with Gasteiger partial charge in [0, 0.05) is 49.5 Å². The van der Waals surface area contributed by atoms with Gasteiger partial charge in [0.1, 0.15) is 4.90 Å². The van der Waals surface area contributed by atoms with Crippen molar-refractivity contribution in [2.45, 2.75) is 30.6 Å². The van der Waals surface area contributed by atoms with E-state index < -0.39 is 10.0 Å². The van der Waals surface area contributed by atoms with Crippen LogP contribution in [-0.4, -0.2) is 45.6 Å². The van der Waals surface area contributed by atoms with Crippen LogP contribution >= 0.6 is 0 Å². The summed E-state index contributed by atoms with van der Waals surface area (Å²) in [5.74, 6) is 0.292. The molecule has 1 aliphatic heterocycles. The van der Waals surface area contributed by atoms with Crippen molar-refractivity contribution in [2.75, 3.05) is 13.1 Å². The summed E-state index contributed by atoms with van der Waals surface area (Å²) in [6.45, 7) is 2.75. The molecule has 0 aromatic carbocycles. The number of hydrogen-bond acceptors (Lipinski definition) is 4. The number of pyridine rings is 1. The van der Waals surface area contributed by atoms with Gasteiger partial charge >= 0.3 is 0 Å².